The molecule has 1 rings (SSSR count). The summed E-state index contributed by atoms with van der Waals surface area (Å²) in [6.07, 6.45) is 3.43. The lowest BCUT2D eigenvalue weighted by Gasteiger charge is -2.29. The maximum absolute atomic E-state index is 5.72. The molecule has 1 aromatic carbocycles. The van der Waals surface area contributed by atoms with Crippen LogP contribution in [0, 0.1) is 0 Å². The summed E-state index contributed by atoms with van der Waals surface area (Å²) in [6.45, 7) is 8.05. The molecule has 3 heteroatoms. The van der Waals surface area contributed by atoms with Crippen LogP contribution in [0.4, 0.5) is 0 Å². The van der Waals surface area contributed by atoms with E-state index >= 15 is 0 Å². The summed E-state index contributed by atoms with van der Waals surface area (Å²) in [5, 5.41) is 0. The van der Waals surface area contributed by atoms with Gasteiger partial charge in [-0.2, -0.15) is 0 Å². The standard InChI is InChI=1S/C16H28N2O/c1-3-15(4-2)18(13-11-17)12-8-14-19-16-9-6-5-7-10-16/h5-7,9-10,15H,3-4,8,11-14,17H2,1-2H3. The topological polar surface area (TPSA) is 38.5 Å². The van der Waals surface area contributed by atoms with E-state index in [4.69, 9.17) is 10.5 Å². The molecule has 0 spiro atoms. The van der Waals surface area contributed by atoms with E-state index in [2.05, 4.69) is 18.7 Å². The van der Waals surface area contributed by atoms with Gasteiger partial charge in [-0.1, -0.05) is 32.0 Å². The molecule has 0 atom stereocenters. The summed E-state index contributed by atoms with van der Waals surface area (Å²) in [5.41, 5.74) is 5.70. The SMILES string of the molecule is CCC(CC)N(CCN)CCCOc1ccccc1. The van der Waals surface area contributed by atoms with Gasteiger partial charge in [-0.25, -0.2) is 0 Å². The molecule has 108 valence electrons. The van der Waals surface area contributed by atoms with Gasteiger partial charge in [-0.05, 0) is 31.4 Å². The summed E-state index contributed by atoms with van der Waals surface area (Å²) in [4.78, 5) is 2.49. The average Bonchev–Trinajstić information content (AvgIpc) is 2.46. The zero-order valence-corrected chi connectivity index (χ0v) is 12.3. The lowest BCUT2D eigenvalue weighted by Crippen LogP contribution is -2.39. The molecule has 0 aliphatic rings. The lowest BCUT2D eigenvalue weighted by molar-refractivity contribution is 0.174. The van der Waals surface area contributed by atoms with E-state index in [0.29, 0.717) is 6.04 Å². The van der Waals surface area contributed by atoms with Gasteiger partial charge in [-0.3, -0.25) is 4.90 Å². The zero-order chi connectivity index (χ0) is 13.9. The summed E-state index contributed by atoms with van der Waals surface area (Å²) in [6, 6.07) is 10.7. The number of hydrogen-bond acceptors (Lipinski definition) is 3. The maximum atomic E-state index is 5.72. The first-order chi connectivity index (χ1) is 9.31. The molecule has 0 radical (unpaired) electrons. The van der Waals surface area contributed by atoms with Gasteiger partial charge in [0.05, 0.1) is 6.61 Å². The largest absolute Gasteiger partial charge is 0.494 e. The van der Waals surface area contributed by atoms with E-state index in [-0.39, 0.29) is 0 Å². The van der Waals surface area contributed by atoms with Gasteiger partial charge >= 0.3 is 0 Å². The summed E-state index contributed by atoms with van der Waals surface area (Å²) in [5.74, 6) is 0.954. The molecule has 2 N–H and O–H groups in total. The Kier molecular flexibility index (Phi) is 8.26. The molecule has 0 saturated carbocycles. The van der Waals surface area contributed by atoms with Crippen LogP contribution in [-0.4, -0.2) is 37.2 Å². The van der Waals surface area contributed by atoms with Crippen molar-refractivity contribution < 1.29 is 4.74 Å². The number of hydrogen-bond donors (Lipinski definition) is 1. The molecule has 0 fully saturated rings. The van der Waals surface area contributed by atoms with Crippen LogP contribution >= 0.6 is 0 Å². The van der Waals surface area contributed by atoms with Gasteiger partial charge in [0, 0.05) is 25.7 Å². The Bertz CT molecular complexity index is 312. The fourth-order valence-electron chi connectivity index (χ4n) is 2.42. The Balaban J connectivity index is 2.28. The molecule has 19 heavy (non-hydrogen) atoms. The predicted octanol–water partition coefficient (Wildman–Crippen LogP) is 2.90. The van der Waals surface area contributed by atoms with Crippen molar-refractivity contribution in [1.82, 2.24) is 4.90 Å². The van der Waals surface area contributed by atoms with E-state index in [1.165, 1.54) is 12.8 Å². The number of ether oxygens (including phenoxy) is 1. The van der Waals surface area contributed by atoms with Crippen LogP contribution in [0.5, 0.6) is 5.75 Å². The van der Waals surface area contributed by atoms with Crippen molar-refractivity contribution in [3.05, 3.63) is 30.3 Å². The molecule has 3 nitrogen and oxygen atoms in total. The van der Waals surface area contributed by atoms with Crippen LogP contribution in [0.2, 0.25) is 0 Å². The Hall–Kier alpha value is -1.06. The third-order valence-electron chi connectivity index (χ3n) is 3.48. The smallest absolute Gasteiger partial charge is 0.119 e. The van der Waals surface area contributed by atoms with E-state index in [9.17, 15) is 0 Å². The van der Waals surface area contributed by atoms with Crippen molar-refractivity contribution in [3.63, 3.8) is 0 Å². The van der Waals surface area contributed by atoms with E-state index in [1.54, 1.807) is 0 Å². The van der Waals surface area contributed by atoms with Gasteiger partial charge in [0.1, 0.15) is 5.75 Å². The monoisotopic (exact) mass is 264 g/mol. The molecule has 0 aromatic heterocycles. The number of rotatable bonds is 10. The van der Waals surface area contributed by atoms with E-state index in [0.717, 1.165) is 38.4 Å². The normalized spacial score (nSPS) is 11.2. The van der Waals surface area contributed by atoms with Gasteiger partial charge in [0.25, 0.3) is 0 Å². The Morgan fingerprint density at radius 1 is 1.11 bits per heavy atom. The molecule has 0 saturated heterocycles. The van der Waals surface area contributed by atoms with Crippen molar-refractivity contribution >= 4 is 0 Å². The minimum atomic E-state index is 0.653. The molecule has 0 aliphatic carbocycles. The second kappa shape index (κ2) is 9.82. The van der Waals surface area contributed by atoms with Gasteiger partial charge in [0.2, 0.25) is 0 Å². The van der Waals surface area contributed by atoms with Crippen LogP contribution in [0.15, 0.2) is 30.3 Å². The Morgan fingerprint density at radius 2 is 1.79 bits per heavy atom. The minimum absolute atomic E-state index is 0.653. The predicted molar refractivity (Wildman–Crippen MR) is 81.6 cm³/mol. The molecule has 0 unspecified atom stereocenters. The van der Waals surface area contributed by atoms with Gasteiger partial charge < -0.3 is 10.5 Å². The van der Waals surface area contributed by atoms with Crippen molar-refractivity contribution in [2.24, 2.45) is 5.73 Å². The van der Waals surface area contributed by atoms with Gasteiger partial charge in [-0.15, -0.1) is 0 Å². The zero-order valence-electron chi connectivity index (χ0n) is 12.3. The minimum Gasteiger partial charge on any atom is -0.494 e. The number of para-hydroxylation sites is 1. The van der Waals surface area contributed by atoms with Crippen LogP contribution < -0.4 is 10.5 Å². The summed E-state index contributed by atoms with van der Waals surface area (Å²) < 4.78 is 5.72. The highest BCUT2D eigenvalue weighted by atomic mass is 16.5. The highest BCUT2D eigenvalue weighted by molar-refractivity contribution is 5.20. The van der Waals surface area contributed by atoms with Crippen LogP contribution in [0.1, 0.15) is 33.1 Å². The van der Waals surface area contributed by atoms with Crippen molar-refractivity contribution in [2.45, 2.75) is 39.2 Å². The Labute approximate surface area is 117 Å². The van der Waals surface area contributed by atoms with Gasteiger partial charge in [0.15, 0.2) is 0 Å². The lowest BCUT2D eigenvalue weighted by atomic mass is 10.1. The highest BCUT2D eigenvalue weighted by Gasteiger charge is 2.13. The molecule has 0 heterocycles. The first-order valence-electron chi connectivity index (χ1n) is 7.43. The molecular formula is C16H28N2O. The third-order valence-corrected chi connectivity index (χ3v) is 3.48. The molecular weight excluding hydrogens is 236 g/mol. The second-order valence-corrected chi connectivity index (χ2v) is 4.81. The van der Waals surface area contributed by atoms with E-state index < -0.39 is 0 Å². The first-order valence-corrected chi connectivity index (χ1v) is 7.43. The quantitative estimate of drug-likeness (QED) is 0.660. The fourth-order valence-corrected chi connectivity index (χ4v) is 2.42. The highest BCUT2D eigenvalue weighted by Crippen LogP contribution is 2.11. The fraction of sp³-hybridized carbons (Fsp3) is 0.625. The maximum Gasteiger partial charge on any atom is 0.119 e. The molecule has 0 amide bonds. The number of nitrogens with zero attached hydrogens (tertiary/aromatic N) is 1. The van der Waals surface area contributed by atoms with Crippen LogP contribution in [0.25, 0.3) is 0 Å². The van der Waals surface area contributed by atoms with Crippen LogP contribution in [-0.2, 0) is 0 Å². The average molecular weight is 264 g/mol. The number of benzene rings is 1. The van der Waals surface area contributed by atoms with Crippen molar-refractivity contribution in [1.29, 1.82) is 0 Å². The van der Waals surface area contributed by atoms with E-state index in [1.807, 2.05) is 30.3 Å². The summed E-state index contributed by atoms with van der Waals surface area (Å²) in [7, 11) is 0. The third kappa shape index (κ3) is 6.08. The molecule has 0 aliphatic heterocycles. The number of nitrogens with two attached hydrogens (primary N) is 1. The molecule has 0 bridgehead atoms. The Morgan fingerprint density at radius 3 is 2.37 bits per heavy atom. The van der Waals surface area contributed by atoms with Crippen molar-refractivity contribution in [2.75, 3.05) is 26.2 Å². The second-order valence-electron chi connectivity index (χ2n) is 4.81. The molecule has 1 aromatic rings. The first kappa shape index (κ1) is 16.0. The van der Waals surface area contributed by atoms with Crippen molar-refractivity contribution in [3.8, 4) is 5.75 Å². The summed E-state index contributed by atoms with van der Waals surface area (Å²) >= 11 is 0. The van der Waals surface area contributed by atoms with Crippen LogP contribution in [0.3, 0.4) is 0 Å².